The van der Waals surface area contributed by atoms with E-state index in [1.807, 2.05) is 6.92 Å². The van der Waals surface area contributed by atoms with Gasteiger partial charge in [-0.25, -0.2) is 0 Å². The minimum atomic E-state index is -3.86. The molecule has 0 N–H and O–H groups in total. The van der Waals surface area contributed by atoms with Crippen molar-refractivity contribution >= 4 is 15.9 Å². The highest BCUT2D eigenvalue weighted by Crippen LogP contribution is 2.28. The molecule has 0 aliphatic carbocycles. The number of hydroxylamine groups is 3. The number of ketones is 1. The zero-order valence-corrected chi connectivity index (χ0v) is 14.5. The highest BCUT2D eigenvalue weighted by molar-refractivity contribution is 7.86. The minimum Gasteiger partial charge on any atom is -0.300 e. The third kappa shape index (κ3) is 4.28. The van der Waals surface area contributed by atoms with E-state index >= 15 is 0 Å². The molecule has 2 rings (SSSR count). The molecule has 1 aliphatic rings. The average Bonchev–Trinajstić information content (AvgIpc) is 2.48. The van der Waals surface area contributed by atoms with E-state index in [4.69, 9.17) is 4.28 Å². The van der Waals surface area contributed by atoms with Gasteiger partial charge in [0.15, 0.2) is 0 Å². The third-order valence-electron chi connectivity index (χ3n) is 4.37. The van der Waals surface area contributed by atoms with Crippen molar-refractivity contribution in [3.05, 3.63) is 42.5 Å². The molecule has 0 amide bonds. The second-order valence-corrected chi connectivity index (χ2v) is 7.73. The first-order valence-electron chi connectivity index (χ1n) is 7.78. The van der Waals surface area contributed by atoms with Crippen LogP contribution in [-0.2, 0) is 19.2 Å². The van der Waals surface area contributed by atoms with Gasteiger partial charge in [0.05, 0.1) is 4.90 Å². The minimum absolute atomic E-state index is 0.00301. The van der Waals surface area contributed by atoms with Crippen LogP contribution in [0, 0.1) is 12.8 Å². The van der Waals surface area contributed by atoms with Gasteiger partial charge in [-0.2, -0.15) is 13.1 Å². The average molecular weight is 338 g/mol. The van der Waals surface area contributed by atoms with Crippen LogP contribution in [0.15, 0.2) is 41.8 Å². The molecule has 0 spiro atoms. The number of hydrogen-bond acceptors (Lipinski definition) is 4. The van der Waals surface area contributed by atoms with Gasteiger partial charge < -0.3 is 0 Å². The second kappa shape index (κ2) is 6.95. The summed E-state index contributed by atoms with van der Waals surface area (Å²) in [4.78, 5) is 11.7. The molecule has 0 atom stereocenters. The van der Waals surface area contributed by atoms with Crippen LogP contribution in [0.1, 0.15) is 25.3 Å². The lowest BCUT2D eigenvalue weighted by molar-refractivity contribution is -1.08. The lowest BCUT2D eigenvalue weighted by atomic mass is 9.93. The van der Waals surface area contributed by atoms with Gasteiger partial charge in [0.1, 0.15) is 25.4 Å². The quantitative estimate of drug-likeness (QED) is 0.591. The van der Waals surface area contributed by atoms with Gasteiger partial charge in [-0.15, -0.1) is 0 Å². The number of Topliss-reactive ketones (excluding diaryl/α,β-unsaturated/α-hetero) is 1. The predicted octanol–water partition coefficient (Wildman–Crippen LogP) is 2.62. The molecule has 1 aromatic carbocycles. The maximum Gasteiger partial charge on any atom is 0.342 e. The summed E-state index contributed by atoms with van der Waals surface area (Å²) in [7, 11) is -3.86. The zero-order valence-electron chi connectivity index (χ0n) is 13.7. The first-order chi connectivity index (χ1) is 10.8. The van der Waals surface area contributed by atoms with E-state index < -0.39 is 10.1 Å². The van der Waals surface area contributed by atoms with Crippen LogP contribution < -0.4 is 0 Å². The van der Waals surface area contributed by atoms with Crippen molar-refractivity contribution in [2.45, 2.75) is 31.6 Å². The summed E-state index contributed by atoms with van der Waals surface area (Å²) in [5.41, 5.74) is 0.987. The summed E-state index contributed by atoms with van der Waals surface area (Å²) in [6.07, 6.45) is 2.93. The van der Waals surface area contributed by atoms with Crippen LogP contribution in [0.3, 0.4) is 0 Å². The summed E-state index contributed by atoms with van der Waals surface area (Å²) in [6.45, 7) is 8.57. The molecule has 23 heavy (non-hydrogen) atoms. The number of rotatable bonds is 6. The van der Waals surface area contributed by atoms with E-state index in [-0.39, 0.29) is 21.2 Å². The van der Waals surface area contributed by atoms with Gasteiger partial charge in [-0.3, -0.25) is 4.79 Å². The molecule has 126 valence electrons. The van der Waals surface area contributed by atoms with E-state index in [2.05, 4.69) is 6.58 Å². The number of aryl methyl sites for hydroxylation is 1. The molecule has 1 heterocycles. The highest BCUT2D eigenvalue weighted by atomic mass is 32.2. The van der Waals surface area contributed by atoms with Gasteiger partial charge in [0, 0.05) is 18.8 Å². The van der Waals surface area contributed by atoms with Crippen LogP contribution >= 0.6 is 0 Å². The molecular formula is C17H24NO4S+. The predicted molar refractivity (Wildman–Crippen MR) is 87.9 cm³/mol. The number of carbonyl (C=O) groups excluding carboxylic acids is 1. The van der Waals surface area contributed by atoms with Crippen LogP contribution in [0.4, 0.5) is 0 Å². The Labute approximate surface area is 138 Å². The number of benzene rings is 1. The van der Waals surface area contributed by atoms with Crippen molar-refractivity contribution in [1.82, 2.24) is 0 Å². The number of carbonyl (C=O) groups is 1. The number of piperidine rings is 1. The van der Waals surface area contributed by atoms with E-state index in [1.54, 1.807) is 37.3 Å². The largest absolute Gasteiger partial charge is 0.342 e. The van der Waals surface area contributed by atoms with Crippen molar-refractivity contribution in [3.63, 3.8) is 0 Å². The molecule has 6 heteroatoms. The lowest BCUT2D eigenvalue weighted by Gasteiger charge is -2.38. The van der Waals surface area contributed by atoms with Gasteiger partial charge in [0.25, 0.3) is 0 Å². The number of hydrogen-bond donors (Lipinski definition) is 0. The van der Waals surface area contributed by atoms with Crippen molar-refractivity contribution in [1.29, 1.82) is 0 Å². The van der Waals surface area contributed by atoms with Crippen LogP contribution in [-0.4, -0.2) is 38.5 Å². The SMILES string of the molecule is C=CC[N+]1(OS(=O)(=O)c2ccc(C)cc2)CCC(C(C)=O)CC1. The Morgan fingerprint density at radius 2 is 1.87 bits per heavy atom. The molecule has 0 radical (unpaired) electrons. The molecule has 1 aliphatic heterocycles. The molecule has 1 aromatic rings. The van der Waals surface area contributed by atoms with Gasteiger partial charge in [0.2, 0.25) is 0 Å². The molecule has 5 nitrogen and oxygen atoms in total. The summed E-state index contributed by atoms with van der Waals surface area (Å²) >= 11 is 0. The maximum absolute atomic E-state index is 12.6. The third-order valence-corrected chi connectivity index (χ3v) is 5.73. The van der Waals surface area contributed by atoms with E-state index in [0.29, 0.717) is 32.5 Å². The van der Waals surface area contributed by atoms with Crippen molar-refractivity contribution in [2.24, 2.45) is 5.92 Å². The number of likely N-dealkylation sites (tertiary alicyclic amines) is 1. The normalized spacial score (nSPS) is 25.0. The molecule has 0 bridgehead atoms. The molecule has 0 aromatic heterocycles. The van der Waals surface area contributed by atoms with Gasteiger partial charge in [-0.1, -0.05) is 28.6 Å². The topological polar surface area (TPSA) is 60.4 Å². The van der Waals surface area contributed by atoms with Crippen molar-refractivity contribution < 1.29 is 22.1 Å². The van der Waals surface area contributed by atoms with E-state index in [0.717, 1.165) is 5.56 Å². The van der Waals surface area contributed by atoms with Crippen LogP contribution in [0.5, 0.6) is 0 Å². The van der Waals surface area contributed by atoms with Gasteiger partial charge in [-0.05, 0) is 32.1 Å². The first-order valence-corrected chi connectivity index (χ1v) is 9.19. The Bertz CT molecular complexity index is 671. The standard InChI is InChI=1S/C17H24NO4S/c1-4-11-18(12-9-16(10-13-18)15(3)19)22-23(20,21)17-7-5-14(2)6-8-17/h4-8,16H,1,9-13H2,2-3H3/q+1. The molecule has 0 unspecified atom stereocenters. The fraction of sp³-hybridized carbons (Fsp3) is 0.471. The monoisotopic (exact) mass is 338 g/mol. The van der Waals surface area contributed by atoms with Gasteiger partial charge >= 0.3 is 10.1 Å². The summed E-state index contributed by atoms with van der Waals surface area (Å²) in [6, 6.07) is 6.60. The molecule has 0 saturated carbocycles. The highest BCUT2D eigenvalue weighted by Gasteiger charge is 2.41. The van der Waals surface area contributed by atoms with Crippen LogP contribution in [0.2, 0.25) is 0 Å². The summed E-state index contributed by atoms with van der Waals surface area (Å²) < 4.78 is 30.7. The fourth-order valence-electron chi connectivity index (χ4n) is 2.92. The van der Waals surface area contributed by atoms with E-state index in [9.17, 15) is 13.2 Å². The number of quaternary nitrogens is 1. The molecule has 1 saturated heterocycles. The maximum atomic E-state index is 12.6. The second-order valence-electron chi connectivity index (χ2n) is 6.20. The van der Waals surface area contributed by atoms with Crippen molar-refractivity contribution in [2.75, 3.05) is 19.6 Å². The summed E-state index contributed by atoms with van der Waals surface area (Å²) in [5, 5.41) is 0. The Balaban J connectivity index is 2.20. The Morgan fingerprint density at radius 3 is 2.35 bits per heavy atom. The smallest absolute Gasteiger partial charge is 0.300 e. The first kappa shape index (κ1) is 17.8. The lowest BCUT2D eigenvalue weighted by Crippen LogP contribution is -2.54. The van der Waals surface area contributed by atoms with Crippen molar-refractivity contribution in [3.8, 4) is 0 Å². The number of nitrogens with zero attached hydrogens (tertiary/aromatic N) is 1. The van der Waals surface area contributed by atoms with Crippen LogP contribution in [0.25, 0.3) is 0 Å². The Kier molecular flexibility index (Phi) is 5.39. The Morgan fingerprint density at radius 1 is 1.30 bits per heavy atom. The van der Waals surface area contributed by atoms with E-state index in [1.165, 1.54) is 0 Å². The molecular weight excluding hydrogens is 314 g/mol. The molecule has 1 fully saturated rings. The Hall–Kier alpha value is -1.50. The summed E-state index contributed by atoms with van der Waals surface area (Å²) in [5.74, 6) is 0.152. The fourth-order valence-corrected chi connectivity index (χ4v) is 4.11. The zero-order chi connectivity index (χ0) is 17.1.